The molecular formula is C28H32N2O16. The van der Waals surface area contributed by atoms with Crippen molar-refractivity contribution in [2.24, 2.45) is 17.6 Å². The molecule has 250 valence electrons. The number of carbonyl (C=O) groups is 6. The number of carboxylic acid groups (broad SMARTS) is 3. The summed E-state index contributed by atoms with van der Waals surface area (Å²) < 4.78 is 0. The Kier molecular flexibility index (Phi) is 9.13. The predicted molar refractivity (Wildman–Crippen MR) is 149 cm³/mol. The average Bonchev–Trinajstić information content (AvgIpc) is 2.90. The molecule has 3 aliphatic rings. The predicted octanol–water partition coefficient (Wildman–Crippen LogP) is -2.65. The molecule has 1 aromatic rings. The van der Waals surface area contributed by atoms with Gasteiger partial charge in [0.15, 0.2) is 17.0 Å². The van der Waals surface area contributed by atoms with E-state index in [-0.39, 0.29) is 11.1 Å². The molecule has 3 aliphatic carbocycles. The highest BCUT2D eigenvalue weighted by Crippen LogP contribution is 2.57. The van der Waals surface area contributed by atoms with Crippen molar-refractivity contribution in [2.75, 3.05) is 14.1 Å². The number of benzene rings is 1. The Morgan fingerprint density at radius 1 is 0.978 bits per heavy atom. The monoisotopic (exact) mass is 652 g/mol. The number of rotatable bonds is 7. The Morgan fingerprint density at radius 3 is 1.93 bits per heavy atom. The molecule has 12 N–H and O–H groups in total. The van der Waals surface area contributed by atoms with Gasteiger partial charge in [0.2, 0.25) is 5.78 Å². The van der Waals surface area contributed by atoms with Gasteiger partial charge in [0, 0.05) is 0 Å². The second-order valence-corrected chi connectivity index (χ2v) is 11.5. The van der Waals surface area contributed by atoms with Crippen LogP contribution in [0.15, 0.2) is 35.1 Å². The lowest BCUT2D eigenvalue weighted by atomic mass is 9.53. The number of aliphatic carboxylic acids is 3. The number of carboxylic acids is 3. The summed E-state index contributed by atoms with van der Waals surface area (Å²) >= 11 is 0. The van der Waals surface area contributed by atoms with Gasteiger partial charge in [0.1, 0.15) is 22.8 Å². The number of phenolic OH excluding ortho intramolecular Hbond substituents is 1. The fraction of sp³-hybridized carbons (Fsp3) is 0.429. The fourth-order valence-corrected chi connectivity index (χ4v) is 6.31. The maximum absolute atomic E-state index is 13.7. The summed E-state index contributed by atoms with van der Waals surface area (Å²) in [5, 5.41) is 100. The highest BCUT2D eigenvalue weighted by molar-refractivity contribution is 6.24. The van der Waals surface area contributed by atoms with E-state index >= 15 is 0 Å². The average molecular weight is 653 g/mol. The molecule has 0 heterocycles. The van der Waals surface area contributed by atoms with Gasteiger partial charge in [-0.1, -0.05) is 12.1 Å². The molecule has 4 rings (SSSR count). The quantitative estimate of drug-likeness (QED) is 0.134. The van der Waals surface area contributed by atoms with Crippen molar-refractivity contribution >= 4 is 41.1 Å². The van der Waals surface area contributed by atoms with E-state index in [2.05, 4.69) is 0 Å². The lowest BCUT2D eigenvalue weighted by Crippen LogP contribution is -2.71. The van der Waals surface area contributed by atoms with Crippen LogP contribution in [0.3, 0.4) is 0 Å². The molecule has 1 aromatic carbocycles. The number of hydrogen-bond acceptors (Lipinski definition) is 14. The Bertz CT molecular complexity index is 1590. The van der Waals surface area contributed by atoms with Crippen molar-refractivity contribution in [3.8, 4) is 5.75 Å². The van der Waals surface area contributed by atoms with Crippen LogP contribution in [0.5, 0.6) is 5.75 Å². The molecule has 0 saturated heterocycles. The molecule has 0 unspecified atom stereocenters. The number of aliphatic hydroxyl groups excluding tert-OH is 3. The van der Waals surface area contributed by atoms with Crippen molar-refractivity contribution in [3.05, 3.63) is 46.2 Å². The molecule has 0 bridgehead atoms. The first-order chi connectivity index (χ1) is 21.0. The minimum Gasteiger partial charge on any atom is -0.508 e. The molecule has 18 nitrogen and oxygen atoms in total. The molecule has 1 amide bonds. The summed E-state index contributed by atoms with van der Waals surface area (Å²) in [4.78, 5) is 70.4. The van der Waals surface area contributed by atoms with E-state index in [0.717, 1.165) is 0 Å². The zero-order chi connectivity index (χ0) is 35.4. The van der Waals surface area contributed by atoms with Crippen LogP contribution in [0, 0.1) is 11.8 Å². The second kappa shape index (κ2) is 11.8. The molecular weight excluding hydrogens is 620 g/mol. The first-order valence-corrected chi connectivity index (χ1v) is 13.2. The number of nitrogens with zero attached hydrogens (tertiary/aromatic N) is 1. The number of hydrogen-bond donors (Lipinski definition) is 11. The van der Waals surface area contributed by atoms with Crippen molar-refractivity contribution < 1.29 is 79.8 Å². The van der Waals surface area contributed by atoms with Gasteiger partial charge in [-0.3, -0.25) is 28.9 Å². The highest BCUT2D eigenvalue weighted by atomic mass is 16.4. The number of phenols is 1. The van der Waals surface area contributed by atoms with Crippen LogP contribution < -0.4 is 5.73 Å². The van der Waals surface area contributed by atoms with Gasteiger partial charge in [-0.25, -0.2) is 4.79 Å². The Balaban J connectivity index is 0.000000376. The molecule has 46 heavy (non-hydrogen) atoms. The lowest BCUT2D eigenvalue weighted by molar-refractivity contribution is -0.181. The van der Waals surface area contributed by atoms with E-state index in [1.807, 2.05) is 0 Å². The van der Waals surface area contributed by atoms with Crippen molar-refractivity contribution in [1.29, 1.82) is 0 Å². The largest absolute Gasteiger partial charge is 0.508 e. The molecule has 0 spiro atoms. The van der Waals surface area contributed by atoms with Gasteiger partial charge in [-0.05, 0) is 32.6 Å². The van der Waals surface area contributed by atoms with Gasteiger partial charge < -0.3 is 56.8 Å². The van der Waals surface area contributed by atoms with Crippen LogP contribution >= 0.6 is 0 Å². The first kappa shape index (κ1) is 35.6. The number of carbonyl (C=O) groups excluding carboxylic acids is 3. The number of aliphatic hydroxyl groups is 6. The number of fused-ring (bicyclic) bond motifs is 3. The van der Waals surface area contributed by atoms with E-state index in [9.17, 15) is 59.4 Å². The van der Waals surface area contributed by atoms with Gasteiger partial charge in [0.25, 0.3) is 5.91 Å². The Morgan fingerprint density at radius 2 is 1.50 bits per heavy atom. The van der Waals surface area contributed by atoms with Crippen LogP contribution in [-0.2, 0) is 34.4 Å². The van der Waals surface area contributed by atoms with Crippen molar-refractivity contribution in [2.45, 2.75) is 48.7 Å². The Labute approximate surface area is 258 Å². The molecule has 1 saturated carbocycles. The number of Topliss-reactive ketones (excluding diaryl/α,β-unsaturated/α-hetero) is 2. The minimum atomic E-state index is -3.02. The lowest BCUT2D eigenvalue weighted by Gasteiger charge is -2.55. The molecule has 6 atom stereocenters. The van der Waals surface area contributed by atoms with Crippen LogP contribution in [0.2, 0.25) is 0 Å². The second-order valence-electron chi connectivity index (χ2n) is 11.5. The molecule has 1 fully saturated rings. The SMILES string of the molecule is CN(C)[C@@H]1C(=O)C(C(N)=O)=C(O)[C@@]2(O)C(=O)C3=C(O)c4c(O)cccc4[C@@](C)(O)[C@H]3[C@H](O)[C@@H]12.O=C(O)CC(O)(CC(=O)O)C(=O)O. The number of primary amides is 1. The van der Waals surface area contributed by atoms with Gasteiger partial charge >= 0.3 is 17.9 Å². The molecule has 0 aliphatic heterocycles. The third kappa shape index (κ3) is 5.35. The summed E-state index contributed by atoms with van der Waals surface area (Å²) in [5.74, 6) is -14.7. The summed E-state index contributed by atoms with van der Waals surface area (Å²) in [5.41, 5.74) is -4.51. The van der Waals surface area contributed by atoms with Crippen molar-refractivity contribution in [3.63, 3.8) is 0 Å². The van der Waals surface area contributed by atoms with E-state index in [1.165, 1.54) is 44.1 Å². The summed E-state index contributed by atoms with van der Waals surface area (Å²) in [6.07, 6.45) is -4.16. The maximum atomic E-state index is 13.7. The first-order valence-electron chi connectivity index (χ1n) is 13.2. The number of nitrogens with two attached hydrogens (primary N) is 1. The zero-order valence-electron chi connectivity index (χ0n) is 24.4. The number of ketones is 2. The molecule has 0 aromatic heterocycles. The third-order valence-electron chi connectivity index (χ3n) is 8.32. The van der Waals surface area contributed by atoms with Gasteiger partial charge in [-0.15, -0.1) is 0 Å². The normalized spacial score (nSPS) is 28.9. The highest BCUT2D eigenvalue weighted by Gasteiger charge is 2.70. The number of aromatic hydroxyl groups is 1. The zero-order valence-corrected chi connectivity index (χ0v) is 24.4. The fourth-order valence-electron chi connectivity index (χ4n) is 6.31. The van der Waals surface area contributed by atoms with Crippen LogP contribution in [0.4, 0.5) is 0 Å². The summed E-state index contributed by atoms with van der Waals surface area (Å²) in [6, 6.07) is 2.50. The van der Waals surface area contributed by atoms with Crippen molar-refractivity contribution in [1.82, 2.24) is 4.90 Å². The van der Waals surface area contributed by atoms with Gasteiger partial charge in [-0.2, -0.15) is 0 Å². The number of likely N-dealkylation sites (N-methyl/N-ethyl adjacent to an activating group) is 1. The standard InChI is InChI=1S/C22H24N2O9.C6H8O7/c1-21(32)7-5-4-6-8(25)9(7)15(26)10-12(21)17(28)13-14(24(2)3)16(27)11(20(23)31)19(30)22(13,33)18(10)29;7-3(8)1-6(13,5(11)12)2-4(9)10/h4-6,12-14,17,25-26,28,30,32-33H,1-3H3,(H2,23,31);13H,1-2H2,(H,7,8)(H,9,10)(H,11,12)/t12-,13-,14+,17+,21-,22+;/m1./s1. The van der Waals surface area contributed by atoms with E-state index in [1.54, 1.807) is 0 Å². The van der Waals surface area contributed by atoms with E-state index < -0.39 is 117 Å². The Hall–Kier alpha value is -4.88. The van der Waals surface area contributed by atoms with E-state index in [0.29, 0.717) is 0 Å². The van der Waals surface area contributed by atoms with Crippen LogP contribution in [0.1, 0.15) is 30.9 Å². The topological polar surface area (TPSA) is 334 Å². The molecule has 0 radical (unpaired) electrons. The smallest absolute Gasteiger partial charge is 0.336 e. The third-order valence-corrected chi connectivity index (χ3v) is 8.32. The summed E-state index contributed by atoms with van der Waals surface area (Å²) in [6.45, 7) is 1.25. The minimum absolute atomic E-state index is 0.00664. The number of amides is 1. The van der Waals surface area contributed by atoms with E-state index in [4.69, 9.17) is 26.2 Å². The maximum Gasteiger partial charge on any atom is 0.336 e. The summed E-state index contributed by atoms with van der Waals surface area (Å²) in [7, 11) is 2.80. The van der Waals surface area contributed by atoms with Gasteiger partial charge in [0.05, 0.1) is 53.6 Å². The molecule has 18 heteroatoms. The van der Waals surface area contributed by atoms with Crippen LogP contribution in [-0.4, -0.2) is 129 Å². The van der Waals surface area contributed by atoms with Crippen LogP contribution in [0.25, 0.3) is 5.76 Å².